The number of pyridine rings is 1. The van der Waals surface area contributed by atoms with E-state index in [-0.39, 0.29) is 0 Å². The molecule has 3 aromatic rings. The summed E-state index contributed by atoms with van der Waals surface area (Å²) in [6.45, 7) is 0.522. The van der Waals surface area contributed by atoms with Gasteiger partial charge in [-0.05, 0) is 24.5 Å². The lowest BCUT2D eigenvalue weighted by Gasteiger charge is -2.30. The molecule has 0 N–H and O–H groups in total. The Kier molecular flexibility index (Phi) is 3.74. The van der Waals surface area contributed by atoms with Crippen LogP contribution in [0.1, 0.15) is 12.0 Å². The maximum atomic E-state index is 12.1. The van der Waals surface area contributed by atoms with Gasteiger partial charge in [-0.25, -0.2) is 18.4 Å². The van der Waals surface area contributed by atoms with Crippen molar-refractivity contribution in [3.63, 3.8) is 0 Å². The molecule has 5 nitrogen and oxygen atoms in total. The quantitative estimate of drug-likeness (QED) is 0.636. The number of nitrogens with zero attached hydrogens (tertiary/aromatic N) is 3. The van der Waals surface area contributed by atoms with E-state index >= 15 is 0 Å². The van der Waals surface area contributed by atoms with Crippen molar-refractivity contribution < 1.29 is 8.42 Å². The molecule has 0 atom stereocenters. The largest absolute Gasteiger partial charge is 0.270 e. The second kappa shape index (κ2) is 5.68. The van der Waals surface area contributed by atoms with Crippen molar-refractivity contribution in [2.75, 3.05) is 17.1 Å². The summed E-state index contributed by atoms with van der Waals surface area (Å²) in [4.78, 5) is 8.76. The molecule has 0 saturated heterocycles. The molecule has 1 aliphatic heterocycles. The predicted octanol–water partition coefficient (Wildman–Crippen LogP) is 3.72. The molecule has 1 aromatic carbocycles. The number of rotatable bonds is 2. The Morgan fingerprint density at radius 2 is 2.17 bits per heavy atom. The van der Waals surface area contributed by atoms with Gasteiger partial charge in [-0.2, -0.15) is 0 Å². The number of hydrogen-bond acceptors (Lipinski definition) is 5. The molecule has 0 amide bonds. The molecule has 0 spiro atoms. The molecule has 0 fully saturated rings. The van der Waals surface area contributed by atoms with Gasteiger partial charge in [0.2, 0.25) is 10.0 Å². The van der Waals surface area contributed by atoms with Crippen LogP contribution in [0.4, 0.5) is 5.69 Å². The zero-order chi connectivity index (χ0) is 16.9. The monoisotopic (exact) mass is 379 g/mol. The van der Waals surface area contributed by atoms with E-state index in [0.717, 1.165) is 44.9 Å². The molecular formula is C16H14ClN3O2S2. The molecular weight excluding hydrogens is 366 g/mol. The van der Waals surface area contributed by atoms with Crippen LogP contribution in [0.2, 0.25) is 5.15 Å². The summed E-state index contributed by atoms with van der Waals surface area (Å²) in [5.41, 5.74) is 3.59. The minimum absolute atomic E-state index is 0.415. The Morgan fingerprint density at radius 3 is 2.96 bits per heavy atom. The van der Waals surface area contributed by atoms with Gasteiger partial charge in [0.05, 0.1) is 22.2 Å². The molecule has 4 rings (SSSR count). The van der Waals surface area contributed by atoms with Gasteiger partial charge in [0.15, 0.2) is 0 Å². The van der Waals surface area contributed by atoms with E-state index in [9.17, 15) is 8.42 Å². The number of aromatic nitrogens is 2. The number of hydrogen-bond donors (Lipinski definition) is 0. The molecule has 3 heterocycles. The first-order valence-electron chi connectivity index (χ1n) is 7.45. The third-order valence-electron chi connectivity index (χ3n) is 4.08. The minimum Gasteiger partial charge on any atom is -0.270 e. The third-order valence-corrected chi connectivity index (χ3v) is 6.51. The number of sulfonamides is 1. The molecule has 0 bridgehead atoms. The lowest BCUT2D eigenvalue weighted by molar-refractivity contribution is 0.592. The van der Waals surface area contributed by atoms with E-state index in [1.807, 2.05) is 18.2 Å². The van der Waals surface area contributed by atoms with E-state index in [0.29, 0.717) is 11.7 Å². The SMILES string of the molecule is CS(=O)(=O)N1CCCc2c(-c3nc4cc(Cl)ncc4s3)cccc21. The van der Waals surface area contributed by atoms with E-state index in [2.05, 4.69) is 9.97 Å². The van der Waals surface area contributed by atoms with Crippen LogP contribution < -0.4 is 4.31 Å². The van der Waals surface area contributed by atoms with Crippen molar-refractivity contribution in [3.05, 3.63) is 41.2 Å². The molecule has 1 aliphatic rings. The van der Waals surface area contributed by atoms with Crippen LogP contribution in [0.15, 0.2) is 30.5 Å². The number of anilines is 1. The lowest BCUT2D eigenvalue weighted by atomic mass is 9.98. The van der Waals surface area contributed by atoms with Crippen molar-refractivity contribution in [2.24, 2.45) is 0 Å². The summed E-state index contributed by atoms with van der Waals surface area (Å²) < 4.78 is 26.6. The molecule has 124 valence electrons. The summed E-state index contributed by atoms with van der Waals surface area (Å²) in [6, 6.07) is 7.49. The van der Waals surface area contributed by atoms with Gasteiger partial charge in [0, 0.05) is 24.4 Å². The first-order valence-corrected chi connectivity index (χ1v) is 10.5. The van der Waals surface area contributed by atoms with E-state index in [1.165, 1.54) is 10.6 Å². The van der Waals surface area contributed by atoms with Gasteiger partial charge in [-0.15, -0.1) is 11.3 Å². The Labute approximate surface area is 149 Å². The molecule has 0 radical (unpaired) electrons. The first kappa shape index (κ1) is 15.8. The average Bonchev–Trinajstić information content (AvgIpc) is 2.95. The summed E-state index contributed by atoms with van der Waals surface area (Å²) in [6.07, 6.45) is 4.61. The molecule has 0 saturated carbocycles. The zero-order valence-electron chi connectivity index (χ0n) is 12.9. The van der Waals surface area contributed by atoms with Crippen LogP contribution in [0.3, 0.4) is 0 Å². The topological polar surface area (TPSA) is 63.2 Å². The molecule has 0 aliphatic carbocycles. The van der Waals surface area contributed by atoms with Crippen molar-refractivity contribution in [1.29, 1.82) is 0 Å². The van der Waals surface area contributed by atoms with E-state index < -0.39 is 10.0 Å². The average molecular weight is 380 g/mol. The van der Waals surface area contributed by atoms with Crippen LogP contribution in [0.5, 0.6) is 0 Å². The molecule has 2 aromatic heterocycles. The highest BCUT2D eigenvalue weighted by atomic mass is 35.5. The highest BCUT2D eigenvalue weighted by Crippen LogP contribution is 2.39. The summed E-state index contributed by atoms with van der Waals surface area (Å²) in [7, 11) is -3.28. The summed E-state index contributed by atoms with van der Waals surface area (Å²) >= 11 is 7.48. The normalized spacial score (nSPS) is 14.8. The van der Waals surface area contributed by atoms with Gasteiger partial charge >= 0.3 is 0 Å². The van der Waals surface area contributed by atoms with Crippen LogP contribution in [0.25, 0.3) is 20.8 Å². The Morgan fingerprint density at radius 1 is 1.33 bits per heavy atom. The van der Waals surface area contributed by atoms with Crippen molar-refractivity contribution in [2.45, 2.75) is 12.8 Å². The van der Waals surface area contributed by atoms with Gasteiger partial charge in [0.25, 0.3) is 0 Å². The standard InChI is InChI=1S/C16H14ClN3O2S2/c1-24(21,22)20-7-3-5-10-11(4-2-6-13(10)20)16-19-12-8-15(17)18-9-14(12)23-16/h2,4,6,8-9H,3,5,7H2,1H3. The Balaban J connectivity index is 1.90. The van der Waals surface area contributed by atoms with Gasteiger partial charge in [-0.3, -0.25) is 4.31 Å². The lowest BCUT2D eigenvalue weighted by Crippen LogP contribution is -2.34. The number of benzene rings is 1. The number of thiazole rings is 1. The highest BCUT2D eigenvalue weighted by Gasteiger charge is 2.26. The number of fused-ring (bicyclic) bond motifs is 2. The number of halogens is 1. The first-order chi connectivity index (χ1) is 11.4. The van der Waals surface area contributed by atoms with Gasteiger partial charge in [-0.1, -0.05) is 23.7 Å². The smallest absolute Gasteiger partial charge is 0.232 e. The summed E-state index contributed by atoms with van der Waals surface area (Å²) in [5, 5.41) is 1.28. The third kappa shape index (κ3) is 2.66. The minimum atomic E-state index is -3.28. The molecule has 8 heteroatoms. The highest BCUT2D eigenvalue weighted by molar-refractivity contribution is 7.92. The van der Waals surface area contributed by atoms with Crippen LogP contribution >= 0.6 is 22.9 Å². The van der Waals surface area contributed by atoms with Gasteiger partial charge < -0.3 is 0 Å². The van der Waals surface area contributed by atoms with Crippen molar-refractivity contribution >= 4 is 48.9 Å². The van der Waals surface area contributed by atoms with Crippen LogP contribution in [-0.2, 0) is 16.4 Å². The molecule has 24 heavy (non-hydrogen) atoms. The maximum Gasteiger partial charge on any atom is 0.232 e. The second-order valence-corrected chi connectivity index (χ2v) is 9.06. The predicted molar refractivity (Wildman–Crippen MR) is 98.4 cm³/mol. The van der Waals surface area contributed by atoms with Crippen LogP contribution in [0, 0.1) is 0 Å². The van der Waals surface area contributed by atoms with E-state index in [1.54, 1.807) is 23.6 Å². The fourth-order valence-corrected chi connectivity index (χ4v) is 5.17. The maximum absolute atomic E-state index is 12.1. The zero-order valence-corrected chi connectivity index (χ0v) is 15.2. The van der Waals surface area contributed by atoms with Crippen molar-refractivity contribution in [3.8, 4) is 10.6 Å². The van der Waals surface area contributed by atoms with E-state index in [4.69, 9.17) is 11.6 Å². The van der Waals surface area contributed by atoms with Gasteiger partial charge in [0.1, 0.15) is 10.2 Å². The fourth-order valence-electron chi connectivity index (χ4n) is 3.06. The Hall–Kier alpha value is -1.70. The van der Waals surface area contributed by atoms with Crippen LogP contribution in [-0.4, -0.2) is 31.2 Å². The molecule has 0 unspecified atom stereocenters. The summed E-state index contributed by atoms with van der Waals surface area (Å²) in [5.74, 6) is 0. The fraction of sp³-hybridized carbons (Fsp3) is 0.250. The second-order valence-electron chi connectivity index (χ2n) is 5.74. The Bertz CT molecular complexity index is 1050. The van der Waals surface area contributed by atoms with Crippen molar-refractivity contribution in [1.82, 2.24) is 9.97 Å².